The van der Waals surface area contributed by atoms with Gasteiger partial charge in [-0.15, -0.1) is 0 Å². The number of piperazine rings is 1. The predicted octanol–water partition coefficient (Wildman–Crippen LogP) is 2.97. The minimum Gasteiger partial charge on any atom is -0.422 e. The summed E-state index contributed by atoms with van der Waals surface area (Å²) in [5.74, 6) is 0.886. The first kappa shape index (κ1) is 19.0. The monoisotopic (exact) mass is 404 g/mol. The van der Waals surface area contributed by atoms with Gasteiger partial charge in [-0.05, 0) is 36.5 Å². The van der Waals surface area contributed by atoms with Crippen LogP contribution in [0.15, 0.2) is 35.7 Å². The molecule has 1 saturated heterocycles. The van der Waals surface area contributed by atoms with E-state index in [9.17, 15) is 5.26 Å². The van der Waals surface area contributed by atoms with Crippen LogP contribution in [0, 0.1) is 11.3 Å². The number of nitrogens with zero attached hydrogens (tertiary/aromatic N) is 4. The minimum atomic E-state index is -0.249. The molecule has 0 spiro atoms. The number of benzene rings is 1. The van der Waals surface area contributed by atoms with Gasteiger partial charge in [0, 0.05) is 31.9 Å². The second kappa shape index (κ2) is 7.37. The molecule has 5 rings (SSSR count). The summed E-state index contributed by atoms with van der Waals surface area (Å²) in [5.41, 5.74) is 11.0. The van der Waals surface area contributed by atoms with Gasteiger partial charge in [0.15, 0.2) is 0 Å². The number of nitrogens with two attached hydrogens (primary N) is 1. The molecule has 2 aromatic rings. The molecule has 1 aromatic heterocycles. The number of fused-ring (bicyclic) bond motifs is 1. The molecular formula is C23H28N6O. The van der Waals surface area contributed by atoms with Gasteiger partial charge in [0.1, 0.15) is 11.6 Å². The maximum Gasteiger partial charge on any atom is 0.224 e. The number of aromatic nitrogens is 2. The molecule has 7 heteroatoms. The van der Waals surface area contributed by atoms with E-state index in [1.54, 1.807) is 0 Å². The summed E-state index contributed by atoms with van der Waals surface area (Å²) in [6, 6.07) is 11.2. The number of nitriles is 1. The normalized spacial score (nSPS) is 21.4. The zero-order chi connectivity index (χ0) is 20.8. The van der Waals surface area contributed by atoms with E-state index < -0.39 is 0 Å². The van der Waals surface area contributed by atoms with Gasteiger partial charge < -0.3 is 20.7 Å². The molecule has 1 aliphatic carbocycles. The number of hydrogen-bond donors (Lipinski definition) is 2. The Kier molecular flexibility index (Phi) is 4.67. The van der Waals surface area contributed by atoms with Gasteiger partial charge in [0.25, 0.3) is 0 Å². The Balaban J connectivity index is 1.59. The fourth-order valence-electron chi connectivity index (χ4n) is 4.51. The van der Waals surface area contributed by atoms with Gasteiger partial charge in [-0.3, -0.25) is 0 Å². The van der Waals surface area contributed by atoms with E-state index in [-0.39, 0.29) is 17.7 Å². The molecule has 3 N–H and O–H groups in total. The lowest BCUT2D eigenvalue weighted by Gasteiger charge is -2.30. The van der Waals surface area contributed by atoms with Crippen molar-refractivity contribution in [3.8, 4) is 11.9 Å². The van der Waals surface area contributed by atoms with Crippen LogP contribution in [0.3, 0.4) is 0 Å². The summed E-state index contributed by atoms with van der Waals surface area (Å²) in [5, 5.41) is 18.2. The average Bonchev–Trinajstić information content (AvgIpc) is 3.54. The van der Waals surface area contributed by atoms with Crippen LogP contribution in [0.5, 0.6) is 5.88 Å². The molecule has 0 bridgehead atoms. The van der Waals surface area contributed by atoms with Crippen LogP contribution >= 0.6 is 0 Å². The van der Waals surface area contributed by atoms with Crippen molar-refractivity contribution in [2.24, 2.45) is 5.73 Å². The molecule has 2 aliphatic heterocycles. The second-order valence-corrected chi connectivity index (χ2v) is 8.69. The molecule has 156 valence electrons. The van der Waals surface area contributed by atoms with Gasteiger partial charge in [0.2, 0.25) is 11.8 Å². The van der Waals surface area contributed by atoms with Crippen LogP contribution in [0.4, 0.5) is 5.69 Å². The van der Waals surface area contributed by atoms with Gasteiger partial charge in [0.05, 0.1) is 23.2 Å². The average molecular weight is 405 g/mol. The molecular weight excluding hydrogens is 376 g/mol. The third-order valence-electron chi connectivity index (χ3n) is 6.25. The summed E-state index contributed by atoms with van der Waals surface area (Å²) in [6.45, 7) is 8.28. The molecule has 2 fully saturated rings. The van der Waals surface area contributed by atoms with Gasteiger partial charge in [-0.25, -0.2) is 4.68 Å². The van der Waals surface area contributed by atoms with E-state index >= 15 is 0 Å². The largest absolute Gasteiger partial charge is 0.422 e. The lowest BCUT2D eigenvalue weighted by molar-refractivity contribution is 0.347. The van der Waals surface area contributed by atoms with E-state index in [1.165, 1.54) is 5.69 Å². The molecule has 3 heterocycles. The summed E-state index contributed by atoms with van der Waals surface area (Å²) in [7, 11) is 0. The molecule has 30 heavy (non-hydrogen) atoms. The Morgan fingerprint density at radius 2 is 1.90 bits per heavy atom. The fraction of sp³-hybridized carbons (Fsp3) is 0.478. The summed E-state index contributed by atoms with van der Waals surface area (Å²) in [4.78, 5) is 2.38. The molecule has 0 amide bonds. The maximum absolute atomic E-state index is 9.92. The van der Waals surface area contributed by atoms with Crippen molar-refractivity contribution in [2.45, 2.75) is 44.6 Å². The van der Waals surface area contributed by atoms with Crippen LogP contribution < -0.4 is 20.7 Å². The highest BCUT2D eigenvalue weighted by Crippen LogP contribution is 2.49. The molecule has 1 saturated carbocycles. The van der Waals surface area contributed by atoms with Crippen molar-refractivity contribution in [3.05, 3.63) is 52.5 Å². The van der Waals surface area contributed by atoms with E-state index in [1.807, 2.05) is 4.68 Å². The summed E-state index contributed by atoms with van der Waals surface area (Å²) >= 11 is 0. The Morgan fingerprint density at radius 3 is 2.50 bits per heavy atom. The highest BCUT2D eigenvalue weighted by molar-refractivity contribution is 5.58. The zero-order valence-corrected chi connectivity index (χ0v) is 17.6. The number of rotatable bonds is 4. The predicted molar refractivity (Wildman–Crippen MR) is 115 cm³/mol. The summed E-state index contributed by atoms with van der Waals surface area (Å²) in [6.07, 6.45) is 2.21. The van der Waals surface area contributed by atoms with Crippen molar-refractivity contribution in [2.75, 3.05) is 31.1 Å². The van der Waals surface area contributed by atoms with Crippen LogP contribution in [0.1, 0.15) is 61.4 Å². The molecule has 7 nitrogen and oxygen atoms in total. The first-order valence-electron chi connectivity index (χ1n) is 10.8. The van der Waals surface area contributed by atoms with Crippen LogP contribution in [-0.2, 0) is 0 Å². The van der Waals surface area contributed by atoms with E-state index in [0.717, 1.165) is 55.8 Å². The van der Waals surface area contributed by atoms with E-state index in [2.05, 4.69) is 54.4 Å². The van der Waals surface area contributed by atoms with Gasteiger partial charge in [-0.2, -0.15) is 10.4 Å². The lowest BCUT2D eigenvalue weighted by Crippen LogP contribution is -2.43. The Hall–Kier alpha value is -2.98. The van der Waals surface area contributed by atoms with Crippen molar-refractivity contribution in [1.29, 1.82) is 5.26 Å². The Bertz CT molecular complexity index is 1020. The smallest absolute Gasteiger partial charge is 0.224 e. The SMILES string of the molecule is CC(C)c1nn(C2CC2)c2c1C(c1ccc(N3CCNCC3)cc1)C(C#N)=C(N)O2. The highest BCUT2D eigenvalue weighted by Gasteiger charge is 2.40. The maximum atomic E-state index is 9.92. The van der Waals surface area contributed by atoms with Gasteiger partial charge in [-0.1, -0.05) is 26.0 Å². The third-order valence-corrected chi connectivity index (χ3v) is 6.25. The van der Waals surface area contributed by atoms with E-state index in [0.29, 0.717) is 17.5 Å². The molecule has 3 aliphatic rings. The topological polar surface area (TPSA) is 92.1 Å². The Labute approximate surface area is 177 Å². The van der Waals surface area contributed by atoms with Crippen molar-refractivity contribution in [1.82, 2.24) is 15.1 Å². The summed E-state index contributed by atoms with van der Waals surface area (Å²) < 4.78 is 7.98. The van der Waals surface area contributed by atoms with Crippen LogP contribution in [0.25, 0.3) is 0 Å². The molecule has 0 radical (unpaired) electrons. The lowest BCUT2D eigenvalue weighted by atomic mass is 9.82. The van der Waals surface area contributed by atoms with Crippen LogP contribution in [-0.4, -0.2) is 36.0 Å². The quantitative estimate of drug-likeness (QED) is 0.814. The number of allylic oxidation sites excluding steroid dienone is 1. The highest BCUT2D eigenvalue weighted by atomic mass is 16.5. The standard InChI is InChI=1S/C23H28N6O/c1-14(2)21-20-19(15-3-5-16(6-4-15)28-11-9-26-10-12-28)18(13-24)22(25)30-23(20)29(27-21)17-7-8-17/h3-6,14,17,19,26H,7-12,25H2,1-2H3. The van der Waals surface area contributed by atoms with Crippen molar-refractivity contribution in [3.63, 3.8) is 0 Å². The van der Waals surface area contributed by atoms with Crippen LogP contribution in [0.2, 0.25) is 0 Å². The first-order valence-corrected chi connectivity index (χ1v) is 10.8. The fourth-order valence-corrected chi connectivity index (χ4v) is 4.51. The first-order chi connectivity index (χ1) is 14.6. The third kappa shape index (κ3) is 3.12. The Morgan fingerprint density at radius 1 is 1.20 bits per heavy atom. The van der Waals surface area contributed by atoms with E-state index in [4.69, 9.17) is 15.6 Å². The molecule has 1 unspecified atom stereocenters. The number of hydrogen-bond acceptors (Lipinski definition) is 6. The zero-order valence-electron chi connectivity index (χ0n) is 17.6. The van der Waals surface area contributed by atoms with Crippen molar-refractivity contribution >= 4 is 5.69 Å². The number of ether oxygens (including phenoxy) is 1. The van der Waals surface area contributed by atoms with Gasteiger partial charge >= 0.3 is 0 Å². The second-order valence-electron chi connectivity index (χ2n) is 8.69. The molecule has 1 aromatic carbocycles. The van der Waals surface area contributed by atoms with Crippen molar-refractivity contribution < 1.29 is 4.74 Å². The number of anilines is 1. The minimum absolute atomic E-state index is 0.193. The molecule has 1 atom stereocenters. The number of nitrogens with one attached hydrogen (secondary N) is 1.